The molecule has 1 aromatic carbocycles. The summed E-state index contributed by atoms with van der Waals surface area (Å²) in [5.74, 6) is 0.0477. The van der Waals surface area contributed by atoms with E-state index in [1.54, 1.807) is 11.3 Å². The normalized spacial score (nSPS) is 12.4. The van der Waals surface area contributed by atoms with E-state index in [0.717, 1.165) is 18.5 Å². The van der Waals surface area contributed by atoms with Crippen LogP contribution in [0.25, 0.3) is 0 Å². The first-order valence-electron chi connectivity index (χ1n) is 8.21. The van der Waals surface area contributed by atoms with E-state index < -0.39 is 0 Å². The van der Waals surface area contributed by atoms with Crippen LogP contribution in [0.3, 0.4) is 0 Å². The highest BCUT2D eigenvalue weighted by atomic mass is 32.1. The second-order valence-corrected chi connectivity index (χ2v) is 6.79. The molecule has 0 radical (unpaired) electrons. The van der Waals surface area contributed by atoms with Gasteiger partial charge in [0.2, 0.25) is 5.91 Å². The maximum atomic E-state index is 12.5. The van der Waals surface area contributed by atoms with Gasteiger partial charge in [-0.05, 0) is 49.4 Å². The molecule has 0 saturated heterocycles. The Bertz CT molecular complexity index is 615. The number of anilines is 1. The summed E-state index contributed by atoms with van der Waals surface area (Å²) in [6.07, 6.45) is 1.84. The molecule has 0 aliphatic carbocycles. The molecule has 1 aromatic heterocycles. The Morgan fingerprint density at radius 1 is 1.17 bits per heavy atom. The standard InChI is InChI=1S/C19H26N2OS/c1-5-15-9-7-10-16(6-2)19(15)20-18(22)13-21(4)14(3)17-11-8-12-23-17/h7-12,14H,5-6,13H2,1-4H3,(H,20,22). The van der Waals surface area contributed by atoms with Gasteiger partial charge in [0.05, 0.1) is 6.54 Å². The van der Waals surface area contributed by atoms with Crippen LogP contribution in [0.5, 0.6) is 0 Å². The maximum Gasteiger partial charge on any atom is 0.238 e. The number of nitrogens with one attached hydrogen (secondary N) is 1. The number of hydrogen-bond acceptors (Lipinski definition) is 3. The highest BCUT2D eigenvalue weighted by Crippen LogP contribution is 2.24. The molecular weight excluding hydrogens is 304 g/mol. The number of nitrogens with zero attached hydrogens (tertiary/aromatic N) is 1. The van der Waals surface area contributed by atoms with Gasteiger partial charge in [0, 0.05) is 16.6 Å². The minimum Gasteiger partial charge on any atom is -0.324 e. The highest BCUT2D eigenvalue weighted by Gasteiger charge is 2.17. The molecule has 124 valence electrons. The minimum absolute atomic E-state index is 0.0477. The third kappa shape index (κ3) is 4.43. The van der Waals surface area contributed by atoms with Crippen LogP contribution in [0.4, 0.5) is 5.69 Å². The first kappa shape index (κ1) is 17.7. The maximum absolute atomic E-state index is 12.5. The predicted molar refractivity (Wildman–Crippen MR) is 99.2 cm³/mol. The van der Waals surface area contributed by atoms with E-state index >= 15 is 0 Å². The van der Waals surface area contributed by atoms with E-state index in [2.05, 4.69) is 66.7 Å². The summed E-state index contributed by atoms with van der Waals surface area (Å²) in [6, 6.07) is 10.7. The number of rotatable bonds is 7. The lowest BCUT2D eigenvalue weighted by molar-refractivity contribution is -0.117. The van der Waals surface area contributed by atoms with Gasteiger partial charge in [0.1, 0.15) is 0 Å². The number of carbonyl (C=O) groups is 1. The number of likely N-dealkylation sites (N-methyl/N-ethyl adjacent to an activating group) is 1. The van der Waals surface area contributed by atoms with Crippen LogP contribution in [-0.4, -0.2) is 24.4 Å². The number of para-hydroxylation sites is 1. The Hall–Kier alpha value is -1.65. The van der Waals surface area contributed by atoms with Crippen LogP contribution >= 0.6 is 11.3 Å². The lowest BCUT2D eigenvalue weighted by atomic mass is 10.0. The molecule has 0 aliphatic heterocycles. The van der Waals surface area contributed by atoms with Crippen LogP contribution in [0.15, 0.2) is 35.7 Å². The third-order valence-corrected chi connectivity index (χ3v) is 5.31. The van der Waals surface area contributed by atoms with Gasteiger partial charge in [-0.1, -0.05) is 38.1 Å². The fourth-order valence-corrected chi connectivity index (χ4v) is 3.54. The second-order valence-electron chi connectivity index (χ2n) is 5.81. The summed E-state index contributed by atoms with van der Waals surface area (Å²) in [5.41, 5.74) is 3.40. The lowest BCUT2D eigenvalue weighted by Crippen LogP contribution is -2.32. The molecule has 0 bridgehead atoms. The third-order valence-electron chi connectivity index (χ3n) is 4.27. The Labute approximate surface area is 143 Å². The molecule has 1 heterocycles. The van der Waals surface area contributed by atoms with Crippen LogP contribution in [0.1, 0.15) is 42.8 Å². The zero-order valence-electron chi connectivity index (χ0n) is 14.4. The van der Waals surface area contributed by atoms with E-state index in [1.165, 1.54) is 16.0 Å². The van der Waals surface area contributed by atoms with Crippen LogP contribution in [0, 0.1) is 0 Å². The van der Waals surface area contributed by atoms with Crippen LogP contribution in [0.2, 0.25) is 0 Å². The zero-order chi connectivity index (χ0) is 16.8. The smallest absolute Gasteiger partial charge is 0.238 e. The summed E-state index contributed by atoms with van der Waals surface area (Å²) in [7, 11) is 2.00. The summed E-state index contributed by atoms with van der Waals surface area (Å²) in [5, 5.41) is 5.21. The molecule has 1 unspecified atom stereocenters. The van der Waals surface area contributed by atoms with Crippen molar-refractivity contribution in [1.82, 2.24) is 4.90 Å². The topological polar surface area (TPSA) is 32.3 Å². The summed E-state index contributed by atoms with van der Waals surface area (Å²) >= 11 is 1.73. The van der Waals surface area contributed by atoms with Gasteiger partial charge in [-0.15, -0.1) is 11.3 Å². The summed E-state index contributed by atoms with van der Waals surface area (Å²) in [6.45, 7) is 6.77. The highest BCUT2D eigenvalue weighted by molar-refractivity contribution is 7.10. The quantitative estimate of drug-likeness (QED) is 0.810. The van der Waals surface area contributed by atoms with E-state index in [9.17, 15) is 4.79 Å². The van der Waals surface area contributed by atoms with Crippen molar-refractivity contribution in [3.8, 4) is 0 Å². The molecule has 3 nitrogen and oxygen atoms in total. The van der Waals surface area contributed by atoms with Crippen molar-refractivity contribution < 1.29 is 4.79 Å². The number of hydrogen-bond donors (Lipinski definition) is 1. The minimum atomic E-state index is 0.0477. The number of benzene rings is 1. The molecule has 23 heavy (non-hydrogen) atoms. The fourth-order valence-electron chi connectivity index (χ4n) is 2.69. The van der Waals surface area contributed by atoms with Crippen molar-refractivity contribution in [3.05, 3.63) is 51.7 Å². The molecular formula is C19H26N2OS. The molecule has 2 rings (SSSR count). The van der Waals surface area contributed by atoms with Gasteiger partial charge < -0.3 is 5.32 Å². The van der Waals surface area contributed by atoms with Gasteiger partial charge in [-0.2, -0.15) is 0 Å². The second kappa shape index (κ2) is 8.27. The first-order valence-corrected chi connectivity index (χ1v) is 9.09. The molecule has 4 heteroatoms. The van der Waals surface area contributed by atoms with E-state index in [0.29, 0.717) is 6.54 Å². The molecule has 2 aromatic rings. The van der Waals surface area contributed by atoms with Crippen molar-refractivity contribution in [1.29, 1.82) is 0 Å². The van der Waals surface area contributed by atoms with Crippen molar-refractivity contribution in [2.75, 3.05) is 18.9 Å². The Morgan fingerprint density at radius 2 is 1.83 bits per heavy atom. The SMILES string of the molecule is CCc1cccc(CC)c1NC(=O)CN(C)C(C)c1cccs1. The molecule has 0 saturated carbocycles. The van der Waals surface area contributed by atoms with Gasteiger partial charge >= 0.3 is 0 Å². The molecule has 1 atom stereocenters. The van der Waals surface area contributed by atoms with Gasteiger partial charge in [-0.3, -0.25) is 9.69 Å². The first-order chi connectivity index (χ1) is 11.1. The van der Waals surface area contributed by atoms with Gasteiger partial charge in [-0.25, -0.2) is 0 Å². The van der Waals surface area contributed by atoms with Gasteiger partial charge in [0.15, 0.2) is 0 Å². The van der Waals surface area contributed by atoms with Crippen molar-refractivity contribution in [3.63, 3.8) is 0 Å². The van der Waals surface area contributed by atoms with E-state index in [-0.39, 0.29) is 11.9 Å². The number of carbonyl (C=O) groups excluding carboxylic acids is 1. The van der Waals surface area contributed by atoms with Crippen molar-refractivity contribution >= 4 is 22.9 Å². The molecule has 1 amide bonds. The molecule has 1 N–H and O–H groups in total. The average molecular weight is 330 g/mol. The summed E-state index contributed by atoms with van der Waals surface area (Å²) < 4.78 is 0. The van der Waals surface area contributed by atoms with Crippen LogP contribution < -0.4 is 5.32 Å². The van der Waals surface area contributed by atoms with Crippen LogP contribution in [-0.2, 0) is 17.6 Å². The largest absolute Gasteiger partial charge is 0.324 e. The Morgan fingerprint density at radius 3 is 2.35 bits per heavy atom. The summed E-state index contributed by atoms with van der Waals surface area (Å²) in [4.78, 5) is 15.8. The molecule has 0 spiro atoms. The van der Waals surface area contributed by atoms with Crippen molar-refractivity contribution in [2.45, 2.75) is 39.7 Å². The average Bonchev–Trinajstić information content (AvgIpc) is 3.08. The number of aryl methyl sites for hydroxylation is 2. The molecule has 0 fully saturated rings. The Kier molecular flexibility index (Phi) is 6.37. The fraction of sp³-hybridized carbons (Fsp3) is 0.421. The number of thiophene rings is 1. The van der Waals surface area contributed by atoms with Crippen molar-refractivity contribution in [2.24, 2.45) is 0 Å². The lowest BCUT2D eigenvalue weighted by Gasteiger charge is -2.24. The Balaban J connectivity index is 2.05. The predicted octanol–water partition coefficient (Wildman–Crippen LogP) is 4.50. The van der Waals surface area contributed by atoms with Gasteiger partial charge in [0.25, 0.3) is 0 Å². The van der Waals surface area contributed by atoms with E-state index in [4.69, 9.17) is 0 Å². The molecule has 0 aliphatic rings. The zero-order valence-corrected chi connectivity index (χ0v) is 15.2. The van der Waals surface area contributed by atoms with E-state index in [1.807, 2.05) is 7.05 Å². The number of amides is 1. The monoisotopic (exact) mass is 330 g/mol.